The monoisotopic (exact) mass is 210 g/mol. The highest BCUT2D eigenvalue weighted by Crippen LogP contribution is 2.24. The first-order valence-corrected chi connectivity index (χ1v) is 4.68. The maximum absolute atomic E-state index is 13.0. The van der Waals surface area contributed by atoms with Gasteiger partial charge in [0.15, 0.2) is 0 Å². The molecule has 0 aliphatic carbocycles. The minimum absolute atomic E-state index is 0.0932. The zero-order chi connectivity index (χ0) is 11.0. The van der Waals surface area contributed by atoms with Crippen molar-refractivity contribution in [2.24, 2.45) is 0 Å². The number of aromatic nitrogens is 1. The van der Waals surface area contributed by atoms with Gasteiger partial charge >= 0.3 is 0 Å². The second-order valence-electron chi connectivity index (χ2n) is 3.62. The van der Waals surface area contributed by atoms with E-state index in [-0.39, 0.29) is 18.9 Å². The van der Waals surface area contributed by atoms with E-state index in [1.54, 1.807) is 6.92 Å². The fourth-order valence-electron chi connectivity index (χ4n) is 1.69. The number of aryl methyl sites for hydroxylation is 1. The van der Waals surface area contributed by atoms with E-state index >= 15 is 0 Å². The molecule has 1 saturated heterocycles. The Morgan fingerprint density at radius 2 is 2.40 bits per heavy atom. The lowest BCUT2D eigenvalue weighted by atomic mass is 10.3. The van der Waals surface area contributed by atoms with Crippen LogP contribution >= 0.6 is 0 Å². The van der Waals surface area contributed by atoms with Gasteiger partial charge in [0.1, 0.15) is 5.82 Å². The Morgan fingerprint density at radius 3 is 3.00 bits per heavy atom. The summed E-state index contributed by atoms with van der Waals surface area (Å²) in [7, 11) is 0. The van der Waals surface area contributed by atoms with E-state index in [9.17, 15) is 14.3 Å². The van der Waals surface area contributed by atoms with Crippen molar-refractivity contribution in [3.63, 3.8) is 0 Å². The van der Waals surface area contributed by atoms with Crippen molar-refractivity contribution < 1.29 is 14.3 Å². The van der Waals surface area contributed by atoms with Crippen LogP contribution in [-0.2, 0) is 4.79 Å². The Labute approximate surface area is 86.4 Å². The maximum atomic E-state index is 13.0. The third-order valence-corrected chi connectivity index (χ3v) is 2.42. The fourth-order valence-corrected chi connectivity index (χ4v) is 1.69. The SMILES string of the molecule is Cc1ncc(F)cc1N1C[C@H](O)CC1=O. The Hall–Kier alpha value is -1.49. The molecular weight excluding hydrogens is 199 g/mol. The number of aliphatic hydroxyl groups is 1. The van der Waals surface area contributed by atoms with E-state index < -0.39 is 11.9 Å². The summed E-state index contributed by atoms with van der Waals surface area (Å²) in [6, 6.07) is 1.26. The topological polar surface area (TPSA) is 53.4 Å². The predicted molar refractivity (Wildman–Crippen MR) is 51.9 cm³/mol. The first-order chi connectivity index (χ1) is 7.08. The number of carbonyl (C=O) groups is 1. The molecule has 15 heavy (non-hydrogen) atoms. The number of amides is 1. The highest BCUT2D eigenvalue weighted by molar-refractivity contribution is 5.96. The number of β-amino-alcohol motifs (C(OH)–C–C–N with tert-alkyl or cyclic N) is 1. The molecule has 1 aromatic rings. The quantitative estimate of drug-likeness (QED) is 0.739. The lowest BCUT2D eigenvalue weighted by molar-refractivity contribution is -0.117. The molecule has 0 radical (unpaired) electrons. The second-order valence-corrected chi connectivity index (χ2v) is 3.62. The van der Waals surface area contributed by atoms with Crippen molar-refractivity contribution in [3.05, 3.63) is 23.8 Å². The van der Waals surface area contributed by atoms with Crippen LogP contribution in [0.5, 0.6) is 0 Å². The number of aliphatic hydroxyl groups excluding tert-OH is 1. The van der Waals surface area contributed by atoms with Gasteiger partial charge < -0.3 is 10.0 Å². The van der Waals surface area contributed by atoms with E-state index in [1.807, 2.05) is 0 Å². The van der Waals surface area contributed by atoms with E-state index in [0.717, 1.165) is 6.20 Å². The zero-order valence-electron chi connectivity index (χ0n) is 8.27. The molecular formula is C10H11FN2O2. The van der Waals surface area contributed by atoms with Gasteiger partial charge in [0.05, 0.1) is 36.6 Å². The van der Waals surface area contributed by atoms with Crippen LogP contribution in [0.15, 0.2) is 12.3 Å². The molecule has 0 spiro atoms. The summed E-state index contributed by atoms with van der Waals surface area (Å²) in [6.45, 7) is 1.91. The van der Waals surface area contributed by atoms with Crippen LogP contribution < -0.4 is 4.90 Å². The van der Waals surface area contributed by atoms with Gasteiger partial charge in [-0.05, 0) is 6.92 Å². The van der Waals surface area contributed by atoms with Crippen molar-refractivity contribution in [2.45, 2.75) is 19.4 Å². The van der Waals surface area contributed by atoms with Crippen LogP contribution in [0.1, 0.15) is 12.1 Å². The average molecular weight is 210 g/mol. The van der Waals surface area contributed by atoms with Crippen molar-refractivity contribution >= 4 is 11.6 Å². The van der Waals surface area contributed by atoms with Crippen LogP contribution in [0.2, 0.25) is 0 Å². The molecule has 2 heterocycles. The largest absolute Gasteiger partial charge is 0.391 e. The first kappa shape index (κ1) is 10.0. The molecule has 1 fully saturated rings. The number of hydrogen-bond donors (Lipinski definition) is 1. The summed E-state index contributed by atoms with van der Waals surface area (Å²) in [5.74, 6) is -0.678. The minimum atomic E-state index is -0.667. The Balaban J connectivity index is 2.37. The number of carbonyl (C=O) groups excluding carboxylic acids is 1. The van der Waals surface area contributed by atoms with Crippen LogP contribution in [-0.4, -0.2) is 28.6 Å². The third kappa shape index (κ3) is 1.83. The summed E-state index contributed by atoms with van der Waals surface area (Å²) in [5, 5.41) is 9.31. The van der Waals surface area contributed by atoms with Gasteiger partial charge in [-0.3, -0.25) is 9.78 Å². The van der Waals surface area contributed by atoms with E-state index in [0.29, 0.717) is 11.4 Å². The maximum Gasteiger partial charge on any atom is 0.229 e. The smallest absolute Gasteiger partial charge is 0.229 e. The molecule has 0 unspecified atom stereocenters. The molecule has 1 aromatic heterocycles. The number of hydrogen-bond acceptors (Lipinski definition) is 3. The molecule has 1 atom stereocenters. The summed E-state index contributed by atoms with van der Waals surface area (Å²) < 4.78 is 13.0. The first-order valence-electron chi connectivity index (χ1n) is 4.68. The standard InChI is InChI=1S/C10H11FN2O2/c1-6-9(2-7(11)4-12-6)13-5-8(14)3-10(13)15/h2,4,8,14H,3,5H2,1H3/t8-/m1/s1. The zero-order valence-corrected chi connectivity index (χ0v) is 8.27. The summed E-state index contributed by atoms with van der Waals surface area (Å²) in [4.78, 5) is 16.7. The molecule has 0 bridgehead atoms. The van der Waals surface area contributed by atoms with Crippen LogP contribution in [0.3, 0.4) is 0 Å². The summed E-state index contributed by atoms with van der Waals surface area (Å²) >= 11 is 0. The van der Waals surface area contributed by atoms with E-state index in [1.165, 1.54) is 11.0 Å². The lowest BCUT2D eigenvalue weighted by Crippen LogP contribution is -2.26. The van der Waals surface area contributed by atoms with Crippen molar-refractivity contribution in [1.29, 1.82) is 0 Å². The highest BCUT2D eigenvalue weighted by atomic mass is 19.1. The second kappa shape index (κ2) is 3.58. The minimum Gasteiger partial charge on any atom is -0.391 e. The number of pyridine rings is 1. The highest BCUT2D eigenvalue weighted by Gasteiger charge is 2.30. The molecule has 1 amide bonds. The van der Waals surface area contributed by atoms with Crippen LogP contribution in [0.25, 0.3) is 0 Å². The summed E-state index contributed by atoms with van der Waals surface area (Å²) in [5.41, 5.74) is 1.02. The van der Waals surface area contributed by atoms with Crippen molar-refractivity contribution in [2.75, 3.05) is 11.4 Å². The van der Waals surface area contributed by atoms with Crippen molar-refractivity contribution in [3.8, 4) is 0 Å². The van der Waals surface area contributed by atoms with Crippen LogP contribution in [0.4, 0.5) is 10.1 Å². The average Bonchev–Trinajstić information content (AvgIpc) is 2.50. The number of anilines is 1. The molecule has 4 nitrogen and oxygen atoms in total. The van der Waals surface area contributed by atoms with Crippen molar-refractivity contribution in [1.82, 2.24) is 4.98 Å². The molecule has 5 heteroatoms. The molecule has 2 rings (SSSR count). The third-order valence-electron chi connectivity index (χ3n) is 2.42. The fraction of sp³-hybridized carbons (Fsp3) is 0.400. The predicted octanol–water partition coefficient (Wildman–Crippen LogP) is 0.627. The van der Waals surface area contributed by atoms with Gasteiger partial charge in [0.2, 0.25) is 5.91 Å². The molecule has 1 aliphatic rings. The van der Waals surface area contributed by atoms with Gasteiger partial charge in [-0.15, -0.1) is 0 Å². The lowest BCUT2D eigenvalue weighted by Gasteiger charge is -2.17. The van der Waals surface area contributed by atoms with E-state index in [4.69, 9.17) is 0 Å². The molecule has 0 aromatic carbocycles. The van der Waals surface area contributed by atoms with Gasteiger partial charge in [-0.25, -0.2) is 4.39 Å². The molecule has 0 saturated carbocycles. The van der Waals surface area contributed by atoms with E-state index in [2.05, 4.69) is 4.98 Å². The number of nitrogens with zero attached hydrogens (tertiary/aromatic N) is 2. The molecule has 1 N–H and O–H groups in total. The van der Waals surface area contributed by atoms with Gasteiger partial charge in [-0.1, -0.05) is 0 Å². The van der Waals surface area contributed by atoms with Gasteiger partial charge in [-0.2, -0.15) is 0 Å². The normalized spacial score (nSPS) is 21.1. The molecule has 1 aliphatic heterocycles. The molecule has 80 valence electrons. The Morgan fingerprint density at radius 1 is 1.67 bits per heavy atom. The Kier molecular flexibility index (Phi) is 2.40. The number of rotatable bonds is 1. The van der Waals surface area contributed by atoms with Crippen LogP contribution in [0, 0.1) is 12.7 Å². The Bertz CT molecular complexity index is 408. The number of halogens is 1. The van der Waals surface area contributed by atoms with Gasteiger partial charge in [0, 0.05) is 6.07 Å². The summed E-state index contributed by atoms with van der Waals surface area (Å²) in [6.07, 6.45) is 0.534. The van der Waals surface area contributed by atoms with Gasteiger partial charge in [0.25, 0.3) is 0 Å².